The minimum atomic E-state index is -0.960. The third kappa shape index (κ3) is 4.31. The van der Waals surface area contributed by atoms with Crippen molar-refractivity contribution in [3.8, 4) is 5.88 Å². The second-order valence-corrected chi connectivity index (χ2v) is 10.6. The van der Waals surface area contributed by atoms with E-state index in [1.54, 1.807) is 12.1 Å². The van der Waals surface area contributed by atoms with E-state index in [0.717, 1.165) is 18.4 Å². The van der Waals surface area contributed by atoms with Crippen molar-refractivity contribution in [3.05, 3.63) is 52.5 Å². The zero-order valence-corrected chi connectivity index (χ0v) is 20.6. The van der Waals surface area contributed by atoms with Gasteiger partial charge in [0.25, 0.3) is 5.91 Å². The Bertz CT molecular complexity index is 1260. The van der Waals surface area contributed by atoms with Crippen molar-refractivity contribution < 1.29 is 28.6 Å². The summed E-state index contributed by atoms with van der Waals surface area (Å²) >= 11 is 0. The van der Waals surface area contributed by atoms with Gasteiger partial charge in [-0.1, -0.05) is 13.8 Å². The summed E-state index contributed by atoms with van der Waals surface area (Å²) in [7, 11) is 1.51. The van der Waals surface area contributed by atoms with Gasteiger partial charge >= 0.3 is 5.97 Å². The molecular formula is C27H30FN3O5. The quantitative estimate of drug-likeness (QED) is 0.634. The van der Waals surface area contributed by atoms with Gasteiger partial charge in [0.2, 0.25) is 11.8 Å². The van der Waals surface area contributed by atoms with Crippen molar-refractivity contribution in [1.29, 1.82) is 0 Å². The van der Waals surface area contributed by atoms with Gasteiger partial charge in [-0.05, 0) is 59.9 Å². The van der Waals surface area contributed by atoms with Crippen LogP contribution in [0, 0.1) is 17.7 Å². The lowest BCUT2D eigenvalue weighted by Crippen LogP contribution is -2.46. The van der Waals surface area contributed by atoms with Gasteiger partial charge in [0.15, 0.2) is 0 Å². The van der Waals surface area contributed by atoms with Crippen LogP contribution in [-0.4, -0.2) is 46.4 Å². The zero-order chi connectivity index (χ0) is 25.8. The third-order valence-electron chi connectivity index (χ3n) is 7.73. The molecular weight excluding hydrogens is 465 g/mol. The average molecular weight is 496 g/mol. The van der Waals surface area contributed by atoms with Crippen LogP contribution < -0.4 is 10.1 Å². The number of halogens is 1. The van der Waals surface area contributed by atoms with E-state index in [-0.39, 0.29) is 36.0 Å². The highest BCUT2D eigenvalue weighted by Gasteiger charge is 2.49. The second-order valence-electron chi connectivity index (χ2n) is 10.6. The lowest BCUT2D eigenvalue weighted by atomic mass is 9.86. The molecule has 2 aromatic rings. The summed E-state index contributed by atoms with van der Waals surface area (Å²) in [5.41, 5.74) is 2.92. The largest absolute Gasteiger partial charge is 0.481 e. The highest BCUT2D eigenvalue weighted by molar-refractivity contribution is 5.99. The molecule has 9 heteroatoms. The van der Waals surface area contributed by atoms with Crippen molar-refractivity contribution in [2.24, 2.45) is 11.8 Å². The lowest BCUT2D eigenvalue weighted by Gasteiger charge is -2.36. The molecule has 36 heavy (non-hydrogen) atoms. The fourth-order valence-electron chi connectivity index (χ4n) is 5.79. The predicted octanol–water partition coefficient (Wildman–Crippen LogP) is 3.63. The summed E-state index contributed by atoms with van der Waals surface area (Å²) in [5, 5.41) is 11.9. The fraction of sp³-hybridized carbons (Fsp3) is 0.481. The SMILES string of the molecule is COc1ccc2c(n1)CCN(C(=O)[C@@H]1C[C@H]1CC(=O)O)C2C(=O)Nc1cc(F)c2c(c1)CCC2(C)C. The molecule has 1 saturated carbocycles. The van der Waals surface area contributed by atoms with Crippen molar-refractivity contribution in [3.63, 3.8) is 0 Å². The van der Waals surface area contributed by atoms with E-state index in [2.05, 4.69) is 10.3 Å². The maximum Gasteiger partial charge on any atom is 0.303 e. The number of methoxy groups -OCH3 is 1. The van der Waals surface area contributed by atoms with Gasteiger partial charge in [-0.3, -0.25) is 14.4 Å². The smallest absolute Gasteiger partial charge is 0.303 e. The lowest BCUT2D eigenvalue weighted by molar-refractivity contribution is -0.141. The van der Waals surface area contributed by atoms with Crippen molar-refractivity contribution >= 4 is 23.5 Å². The standard InChI is InChI=1S/C27H30FN3O5/c1-27(2)8-6-14-10-16(13-19(28)23(14)27)29-25(34)24-17-4-5-21(36-3)30-20(17)7-9-31(24)26(35)18-11-15(18)12-22(32)33/h4-5,10,13,15,18,24H,6-9,11-12H2,1-3H3,(H,29,34)(H,32,33)/t15-,18+,24?/m0/s1. The van der Waals surface area contributed by atoms with Crippen molar-refractivity contribution in [1.82, 2.24) is 9.88 Å². The number of carbonyl (C=O) groups excluding carboxylic acids is 2. The molecule has 3 aliphatic rings. The maximum atomic E-state index is 15.0. The van der Waals surface area contributed by atoms with E-state index >= 15 is 4.39 Å². The molecule has 0 bridgehead atoms. The number of carboxylic acids is 1. The Morgan fingerprint density at radius 1 is 1.25 bits per heavy atom. The topological polar surface area (TPSA) is 109 Å². The Hall–Kier alpha value is -3.49. The molecule has 0 radical (unpaired) electrons. The summed E-state index contributed by atoms with van der Waals surface area (Å²) in [5.74, 6) is -2.19. The van der Waals surface area contributed by atoms with Crippen LogP contribution in [-0.2, 0) is 32.6 Å². The van der Waals surface area contributed by atoms with E-state index in [4.69, 9.17) is 9.84 Å². The Morgan fingerprint density at radius 2 is 2.03 bits per heavy atom. The number of aliphatic carboxylic acids is 1. The first-order chi connectivity index (χ1) is 17.1. The number of fused-ring (bicyclic) bond motifs is 2. The normalized spacial score (nSPS) is 23.4. The maximum absolute atomic E-state index is 15.0. The van der Waals surface area contributed by atoms with Crippen LogP contribution in [0.1, 0.15) is 61.5 Å². The van der Waals surface area contributed by atoms with Gasteiger partial charge < -0.3 is 20.1 Å². The van der Waals surface area contributed by atoms with E-state index < -0.39 is 23.8 Å². The molecule has 1 fully saturated rings. The van der Waals surface area contributed by atoms with Crippen LogP contribution in [0.15, 0.2) is 24.3 Å². The second kappa shape index (κ2) is 8.87. The number of pyridine rings is 1. The molecule has 1 aromatic heterocycles. The number of amides is 2. The molecule has 2 aliphatic carbocycles. The van der Waals surface area contributed by atoms with E-state index in [1.165, 1.54) is 18.1 Å². The molecule has 2 amide bonds. The monoisotopic (exact) mass is 495 g/mol. The van der Waals surface area contributed by atoms with Gasteiger partial charge in [-0.2, -0.15) is 0 Å². The van der Waals surface area contributed by atoms with E-state index in [1.807, 2.05) is 19.9 Å². The number of carbonyl (C=O) groups is 3. The highest BCUT2D eigenvalue weighted by atomic mass is 19.1. The fourth-order valence-corrected chi connectivity index (χ4v) is 5.79. The zero-order valence-electron chi connectivity index (χ0n) is 20.6. The first-order valence-corrected chi connectivity index (χ1v) is 12.3. The molecule has 0 spiro atoms. The Kier molecular flexibility index (Phi) is 5.97. The number of hydrogen-bond donors (Lipinski definition) is 2. The summed E-state index contributed by atoms with van der Waals surface area (Å²) in [6.07, 6.45) is 2.44. The number of aromatic nitrogens is 1. The molecule has 2 heterocycles. The molecule has 190 valence electrons. The predicted molar refractivity (Wildman–Crippen MR) is 129 cm³/mol. The van der Waals surface area contributed by atoms with Crippen LogP contribution in [0.5, 0.6) is 5.88 Å². The number of aryl methyl sites for hydroxylation is 1. The Morgan fingerprint density at radius 3 is 2.75 bits per heavy atom. The van der Waals surface area contributed by atoms with Crippen LogP contribution in [0.4, 0.5) is 10.1 Å². The van der Waals surface area contributed by atoms with E-state index in [0.29, 0.717) is 41.2 Å². The molecule has 2 N–H and O–H groups in total. The Labute approximate surface area is 208 Å². The number of nitrogens with zero attached hydrogens (tertiary/aromatic N) is 2. The number of nitrogens with one attached hydrogen (secondary N) is 1. The van der Waals surface area contributed by atoms with Gasteiger partial charge in [0.05, 0.1) is 12.8 Å². The molecule has 3 atom stereocenters. The van der Waals surface area contributed by atoms with Gasteiger partial charge in [-0.15, -0.1) is 0 Å². The van der Waals surface area contributed by atoms with Gasteiger partial charge in [-0.25, -0.2) is 9.37 Å². The van der Waals surface area contributed by atoms with E-state index in [9.17, 15) is 14.4 Å². The van der Waals surface area contributed by atoms with Crippen LogP contribution >= 0.6 is 0 Å². The first kappa shape index (κ1) is 24.2. The number of hydrogen-bond acceptors (Lipinski definition) is 5. The van der Waals surface area contributed by atoms with Gasteiger partial charge in [0.1, 0.15) is 11.9 Å². The molecule has 0 saturated heterocycles. The highest BCUT2D eigenvalue weighted by Crippen LogP contribution is 2.45. The average Bonchev–Trinajstić information content (AvgIpc) is 3.51. The van der Waals surface area contributed by atoms with Crippen LogP contribution in [0.2, 0.25) is 0 Å². The van der Waals surface area contributed by atoms with Gasteiger partial charge in [0, 0.05) is 42.6 Å². The summed E-state index contributed by atoms with van der Waals surface area (Å²) in [6.45, 7) is 4.30. The van der Waals surface area contributed by atoms with Crippen LogP contribution in [0.3, 0.4) is 0 Å². The molecule has 1 aliphatic heterocycles. The number of carboxylic acid groups (broad SMARTS) is 1. The minimum absolute atomic E-state index is 0.0683. The summed E-state index contributed by atoms with van der Waals surface area (Å²) in [6, 6.07) is 5.58. The molecule has 1 aromatic carbocycles. The number of rotatable bonds is 6. The molecule has 8 nitrogen and oxygen atoms in total. The number of benzene rings is 1. The Balaban J connectivity index is 1.45. The first-order valence-electron chi connectivity index (χ1n) is 12.3. The molecule has 5 rings (SSSR count). The third-order valence-corrected chi connectivity index (χ3v) is 7.73. The molecule has 1 unspecified atom stereocenters. The number of anilines is 1. The van der Waals surface area contributed by atoms with Crippen molar-refractivity contribution in [2.45, 2.75) is 57.4 Å². The van der Waals surface area contributed by atoms with Crippen molar-refractivity contribution in [2.75, 3.05) is 19.0 Å². The minimum Gasteiger partial charge on any atom is -0.481 e. The van der Waals surface area contributed by atoms with Crippen LogP contribution in [0.25, 0.3) is 0 Å². The summed E-state index contributed by atoms with van der Waals surface area (Å²) in [4.78, 5) is 44.1. The summed E-state index contributed by atoms with van der Waals surface area (Å²) < 4.78 is 20.3. The number of ether oxygens (including phenoxy) is 1.